The second kappa shape index (κ2) is 7.82. The van der Waals surface area contributed by atoms with Crippen molar-refractivity contribution < 1.29 is 9.59 Å². The van der Waals surface area contributed by atoms with Crippen LogP contribution < -0.4 is 10.6 Å². The van der Waals surface area contributed by atoms with Crippen molar-refractivity contribution in [2.75, 3.05) is 10.6 Å². The Bertz CT molecular complexity index is 796. The summed E-state index contributed by atoms with van der Waals surface area (Å²) in [5, 5.41) is 12.7. The lowest BCUT2D eigenvalue weighted by atomic mass is 10.1. The molecule has 25 heavy (non-hydrogen) atoms. The average molecular weight is 407 g/mol. The summed E-state index contributed by atoms with van der Waals surface area (Å²) in [6.45, 7) is 9.58. The fourth-order valence-corrected chi connectivity index (χ4v) is 2.99. The van der Waals surface area contributed by atoms with E-state index in [1.165, 1.54) is 0 Å². The number of hydrogen-bond donors (Lipinski definition) is 3. The standard InChI is InChI=1S/C18H23BrN4O2/c1-9(2)15-14(19)16(23-22-15)18(25)21-13-8-12(7-6-11(13)5)20-17(24)10(3)4/h6-10H,1-5H3,(H,20,24)(H,21,25)(H,22,23). The number of aromatic nitrogens is 2. The molecule has 0 unspecified atom stereocenters. The van der Waals surface area contributed by atoms with Crippen LogP contribution in [0.15, 0.2) is 22.7 Å². The van der Waals surface area contributed by atoms with E-state index >= 15 is 0 Å². The molecule has 0 spiro atoms. The van der Waals surface area contributed by atoms with Crippen LogP contribution in [-0.2, 0) is 4.79 Å². The Labute approximate surface area is 155 Å². The lowest BCUT2D eigenvalue weighted by Crippen LogP contribution is -2.18. The van der Waals surface area contributed by atoms with Crippen LogP contribution in [0.1, 0.15) is 55.4 Å². The van der Waals surface area contributed by atoms with Gasteiger partial charge < -0.3 is 10.6 Å². The fraction of sp³-hybridized carbons (Fsp3) is 0.389. The lowest BCUT2D eigenvalue weighted by Gasteiger charge is -2.12. The quantitative estimate of drug-likeness (QED) is 0.684. The van der Waals surface area contributed by atoms with E-state index in [2.05, 4.69) is 36.8 Å². The predicted molar refractivity (Wildman–Crippen MR) is 103 cm³/mol. The Kier molecular flexibility index (Phi) is 6.00. The van der Waals surface area contributed by atoms with E-state index in [9.17, 15) is 9.59 Å². The largest absolute Gasteiger partial charge is 0.326 e. The van der Waals surface area contributed by atoms with Crippen molar-refractivity contribution in [2.45, 2.75) is 40.5 Å². The summed E-state index contributed by atoms with van der Waals surface area (Å²) < 4.78 is 0.668. The molecule has 2 amide bonds. The zero-order chi connectivity index (χ0) is 18.7. The first-order valence-electron chi connectivity index (χ1n) is 8.17. The number of carbonyl (C=O) groups excluding carboxylic acids is 2. The minimum atomic E-state index is -0.314. The maximum atomic E-state index is 12.6. The third-order valence-electron chi connectivity index (χ3n) is 3.80. The molecule has 2 aromatic rings. The second-order valence-corrected chi connectivity index (χ2v) is 7.38. The Hall–Kier alpha value is -2.15. The van der Waals surface area contributed by atoms with Gasteiger partial charge in [-0.25, -0.2) is 0 Å². The molecule has 0 aliphatic carbocycles. The van der Waals surface area contributed by atoms with Crippen LogP contribution in [0, 0.1) is 12.8 Å². The minimum Gasteiger partial charge on any atom is -0.326 e. The molecular formula is C18H23BrN4O2. The Morgan fingerprint density at radius 2 is 1.84 bits per heavy atom. The number of rotatable bonds is 5. The molecule has 7 heteroatoms. The summed E-state index contributed by atoms with van der Waals surface area (Å²) in [6.07, 6.45) is 0. The van der Waals surface area contributed by atoms with Crippen molar-refractivity contribution in [3.05, 3.63) is 39.6 Å². The first-order chi connectivity index (χ1) is 11.7. The van der Waals surface area contributed by atoms with E-state index in [1.807, 2.05) is 46.8 Å². The first kappa shape index (κ1) is 19.2. The number of benzene rings is 1. The average Bonchev–Trinajstić information content (AvgIpc) is 2.92. The summed E-state index contributed by atoms with van der Waals surface area (Å²) in [6, 6.07) is 5.41. The molecule has 3 N–H and O–H groups in total. The molecule has 0 fully saturated rings. The predicted octanol–water partition coefficient (Wildman–Crippen LogP) is 4.45. The van der Waals surface area contributed by atoms with Crippen molar-refractivity contribution in [1.29, 1.82) is 0 Å². The first-order valence-corrected chi connectivity index (χ1v) is 8.96. The Morgan fingerprint density at radius 3 is 2.40 bits per heavy atom. The zero-order valence-corrected chi connectivity index (χ0v) is 16.6. The molecule has 0 radical (unpaired) electrons. The second-order valence-electron chi connectivity index (χ2n) is 6.58. The van der Waals surface area contributed by atoms with Gasteiger partial charge in [0.2, 0.25) is 5.91 Å². The molecule has 1 aromatic carbocycles. The van der Waals surface area contributed by atoms with Gasteiger partial charge in [-0.1, -0.05) is 33.8 Å². The number of amides is 2. The summed E-state index contributed by atoms with van der Waals surface area (Å²) in [4.78, 5) is 24.4. The number of aromatic amines is 1. The molecule has 0 atom stereocenters. The molecule has 2 rings (SSSR count). The van der Waals surface area contributed by atoms with Gasteiger partial charge in [0, 0.05) is 17.3 Å². The van der Waals surface area contributed by atoms with E-state index in [0.29, 0.717) is 21.5 Å². The van der Waals surface area contributed by atoms with Gasteiger partial charge in [-0.2, -0.15) is 5.10 Å². The molecule has 6 nitrogen and oxygen atoms in total. The molecule has 1 heterocycles. The van der Waals surface area contributed by atoms with Gasteiger partial charge in [0.05, 0.1) is 10.2 Å². The number of nitrogens with zero attached hydrogens (tertiary/aromatic N) is 1. The topological polar surface area (TPSA) is 86.9 Å². The molecule has 0 saturated heterocycles. The van der Waals surface area contributed by atoms with Gasteiger partial charge >= 0.3 is 0 Å². The van der Waals surface area contributed by atoms with E-state index in [0.717, 1.165) is 11.3 Å². The van der Waals surface area contributed by atoms with Crippen LogP contribution in [-0.4, -0.2) is 22.0 Å². The smallest absolute Gasteiger partial charge is 0.277 e. The minimum absolute atomic E-state index is 0.0715. The van der Waals surface area contributed by atoms with Gasteiger partial charge in [0.25, 0.3) is 5.91 Å². The summed E-state index contributed by atoms with van der Waals surface area (Å²) in [5.74, 6) is -0.281. The summed E-state index contributed by atoms with van der Waals surface area (Å²) in [7, 11) is 0. The van der Waals surface area contributed by atoms with Crippen LogP contribution >= 0.6 is 15.9 Å². The highest BCUT2D eigenvalue weighted by Gasteiger charge is 2.20. The fourth-order valence-electron chi connectivity index (χ4n) is 2.18. The maximum Gasteiger partial charge on any atom is 0.277 e. The van der Waals surface area contributed by atoms with Gasteiger partial charge in [-0.05, 0) is 46.5 Å². The van der Waals surface area contributed by atoms with Gasteiger partial charge in [0.15, 0.2) is 5.69 Å². The van der Waals surface area contributed by atoms with E-state index in [-0.39, 0.29) is 23.7 Å². The number of carbonyl (C=O) groups is 2. The van der Waals surface area contributed by atoms with Crippen molar-refractivity contribution in [3.8, 4) is 0 Å². The van der Waals surface area contributed by atoms with Crippen molar-refractivity contribution >= 4 is 39.1 Å². The number of halogens is 1. The number of aryl methyl sites for hydroxylation is 1. The van der Waals surface area contributed by atoms with E-state index < -0.39 is 0 Å². The Morgan fingerprint density at radius 1 is 1.16 bits per heavy atom. The maximum absolute atomic E-state index is 12.6. The molecular weight excluding hydrogens is 384 g/mol. The molecule has 0 aliphatic heterocycles. The number of nitrogens with one attached hydrogen (secondary N) is 3. The highest BCUT2D eigenvalue weighted by molar-refractivity contribution is 9.10. The van der Waals surface area contributed by atoms with Crippen LogP contribution in [0.25, 0.3) is 0 Å². The monoisotopic (exact) mass is 406 g/mol. The third kappa shape index (κ3) is 4.48. The SMILES string of the molecule is Cc1ccc(NC(=O)C(C)C)cc1NC(=O)c1n[nH]c(C(C)C)c1Br. The highest BCUT2D eigenvalue weighted by atomic mass is 79.9. The van der Waals surface area contributed by atoms with Crippen molar-refractivity contribution in [2.24, 2.45) is 5.92 Å². The van der Waals surface area contributed by atoms with Crippen LogP contribution in [0.3, 0.4) is 0 Å². The lowest BCUT2D eigenvalue weighted by molar-refractivity contribution is -0.118. The third-order valence-corrected chi connectivity index (χ3v) is 4.61. The van der Waals surface area contributed by atoms with Crippen LogP contribution in [0.5, 0.6) is 0 Å². The molecule has 1 aromatic heterocycles. The molecule has 134 valence electrons. The molecule has 0 saturated carbocycles. The molecule has 0 aliphatic rings. The van der Waals surface area contributed by atoms with Gasteiger partial charge in [0.1, 0.15) is 0 Å². The van der Waals surface area contributed by atoms with Crippen molar-refractivity contribution in [3.63, 3.8) is 0 Å². The number of H-pyrrole nitrogens is 1. The summed E-state index contributed by atoms with van der Waals surface area (Å²) in [5.41, 5.74) is 3.35. The van der Waals surface area contributed by atoms with Gasteiger partial charge in [-0.3, -0.25) is 14.7 Å². The number of hydrogen-bond acceptors (Lipinski definition) is 3. The highest BCUT2D eigenvalue weighted by Crippen LogP contribution is 2.27. The van der Waals surface area contributed by atoms with Crippen LogP contribution in [0.2, 0.25) is 0 Å². The number of anilines is 2. The van der Waals surface area contributed by atoms with E-state index in [4.69, 9.17) is 0 Å². The van der Waals surface area contributed by atoms with Gasteiger partial charge in [-0.15, -0.1) is 0 Å². The zero-order valence-electron chi connectivity index (χ0n) is 15.0. The normalized spacial score (nSPS) is 11.0. The van der Waals surface area contributed by atoms with Crippen LogP contribution in [0.4, 0.5) is 11.4 Å². The van der Waals surface area contributed by atoms with Crippen molar-refractivity contribution in [1.82, 2.24) is 10.2 Å². The summed E-state index contributed by atoms with van der Waals surface area (Å²) >= 11 is 3.44. The molecule has 0 bridgehead atoms. The Balaban J connectivity index is 2.22. The van der Waals surface area contributed by atoms with E-state index in [1.54, 1.807) is 6.07 Å².